The molecule has 0 radical (unpaired) electrons. The molecule has 0 bridgehead atoms. The molecule has 2 rings (SSSR count). The lowest BCUT2D eigenvalue weighted by atomic mass is 10.1. The van der Waals surface area contributed by atoms with E-state index in [9.17, 15) is 4.79 Å². The number of aromatic amines is 1. The van der Waals surface area contributed by atoms with Crippen LogP contribution < -0.4 is 10.3 Å². The Morgan fingerprint density at radius 1 is 1.24 bits per heavy atom. The molecule has 4 heteroatoms. The Morgan fingerprint density at radius 3 is 2.48 bits per heavy atom. The van der Waals surface area contributed by atoms with Crippen LogP contribution in [-0.4, -0.2) is 16.6 Å². The summed E-state index contributed by atoms with van der Waals surface area (Å²) in [5.74, 6) is 1.74. The highest BCUT2D eigenvalue weighted by atomic mass is 16.5. The Balaban J connectivity index is 2.39. The molecule has 0 aliphatic heterocycles. The highest BCUT2D eigenvalue weighted by Gasteiger charge is 2.11. The summed E-state index contributed by atoms with van der Waals surface area (Å²) in [6.07, 6.45) is 0.980. The molecule has 0 unspecified atom stereocenters. The van der Waals surface area contributed by atoms with E-state index in [4.69, 9.17) is 4.74 Å². The summed E-state index contributed by atoms with van der Waals surface area (Å²) in [7, 11) is 0. The van der Waals surface area contributed by atoms with Crippen LogP contribution in [0.3, 0.4) is 0 Å². The van der Waals surface area contributed by atoms with Crippen molar-refractivity contribution in [1.29, 1.82) is 0 Å². The van der Waals surface area contributed by atoms with Crippen molar-refractivity contribution in [3.8, 4) is 17.0 Å². The van der Waals surface area contributed by atoms with Crippen LogP contribution in [0.15, 0.2) is 29.1 Å². The number of benzene rings is 1. The molecule has 1 aromatic carbocycles. The van der Waals surface area contributed by atoms with Crippen LogP contribution in [0.5, 0.6) is 5.75 Å². The number of hydrogen-bond donors (Lipinski definition) is 1. The van der Waals surface area contributed by atoms with Crippen LogP contribution in [0.1, 0.15) is 44.5 Å². The number of rotatable bonds is 5. The molecule has 0 atom stereocenters. The monoisotopic (exact) mass is 286 g/mol. The zero-order valence-electron chi connectivity index (χ0n) is 13.1. The van der Waals surface area contributed by atoms with Crippen LogP contribution in [0.4, 0.5) is 0 Å². The quantitative estimate of drug-likeness (QED) is 0.912. The van der Waals surface area contributed by atoms with E-state index in [-0.39, 0.29) is 11.5 Å². The molecule has 0 saturated carbocycles. The van der Waals surface area contributed by atoms with E-state index in [0.29, 0.717) is 18.0 Å². The van der Waals surface area contributed by atoms with Gasteiger partial charge in [0, 0.05) is 17.0 Å². The van der Waals surface area contributed by atoms with Gasteiger partial charge in [0.05, 0.1) is 12.3 Å². The van der Waals surface area contributed by atoms with Crippen molar-refractivity contribution >= 4 is 0 Å². The zero-order chi connectivity index (χ0) is 15.4. The van der Waals surface area contributed by atoms with Crippen LogP contribution >= 0.6 is 0 Å². The molecular formula is C17H22N2O2. The second-order valence-electron chi connectivity index (χ2n) is 5.45. The van der Waals surface area contributed by atoms with Gasteiger partial charge in [-0.05, 0) is 37.6 Å². The van der Waals surface area contributed by atoms with E-state index >= 15 is 0 Å². The molecule has 0 fully saturated rings. The van der Waals surface area contributed by atoms with Gasteiger partial charge in [-0.1, -0.05) is 20.8 Å². The van der Waals surface area contributed by atoms with Gasteiger partial charge in [-0.15, -0.1) is 0 Å². The van der Waals surface area contributed by atoms with Gasteiger partial charge >= 0.3 is 0 Å². The smallest absolute Gasteiger partial charge is 0.254 e. The Labute approximate surface area is 125 Å². The molecule has 21 heavy (non-hydrogen) atoms. The Hall–Kier alpha value is -2.10. The lowest BCUT2D eigenvalue weighted by Crippen LogP contribution is -2.16. The number of nitrogens with one attached hydrogen (secondary N) is 1. The lowest BCUT2D eigenvalue weighted by Gasteiger charge is -2.11. The standard InChI is InChI=1S/C17H22N2O2/c1-5-10-21-14-8-6-13(7-9-14)15-12(4)17(20)19-16(18-15)11(2)3/h6-9,11H,5,10H2,1-4H3,(H,18,19,20). The molecule has 1 N–H and O–H groups in total. The highest BCUT2D eigenvalue weighted by molar-refractivity contribution is 5.63. The topological polar surface area (TPSA) is 55.0 Å². The molecular weight excluding hydrogens is 264 g/mol. The maximum absolute atomic E-state index is 12.0. The minimum absolute atomic E-state index is 0.0741. The molecule has 2 aromatic rings. The first kappa shape index (κ1) is 15.3. The van der Waals surface area contributed by atoms with Gasteiger partial charge in [0.15, 0.2) is 0 Å². The SMILES string of the molecule is CCCOc1ccc(-c2nc(C(C)C)[nH]c(=O)c2C)cc1. The third-order valence-electron chi connectivity index (χ3n) is 3.32. The number of aromatic nitrogens is 2. The fraction of sp³-hybridized carbons (Fsp3) is 0.412. The van der Waals surface area contributed by atoms with Gasteiger partial charge in [-0.2, -0.15) is 0 Å². The lowest BCUT2D eigenvalue weighted by molar-refractivity contribution is 0.317. The molecule has 0 aliphatic rings. The van der Waals surface area contributed by atoms with Crippen LogP contribution in [-0.2, 0) is 0 Å². The van der Waals surface area contributed by atoms with Crippen molar-refractivity contribution in [3.63, 3.8) is 0 Å². The Morgan fingerprint density at radius 2 is 1.90 bits per heavy atom. The van der Waals surface area contributed by atoms with E-state index in [1.165, 1.54) is 0 Å². The van der Waals surface area contributed by atoms with E-state index < -0.39 is 0 Å². The summed E-state index contributed by atoms with van der Waals surface area (Å²) in [6.45, 7) is 8.61. The van der Waals surface area contributed by atoms with Crippen molar-refractivity contribution in [3.05, 3.63) is 46.0 Å². The van der Waals surface area contributed by atoms with E-state index in [2.05, 4.69) is 16.9 Å². The van der Waals surface area contributed by atoms with Crippen molar-refractivity contribution in [1.82, 2.24) is 9.97 Å². The number of ether oxygens (including phenoxy) is 1. The summed E-state index contributed by atoms with van der Waals surface area (Å²) in [6, 6.07) is 7.73. The first-order valence-electron chi connectivity index (χ1n) is 7.37. The minimum Gasteiger partial charge on any atom is -0.494 e. The van der Waals surface area contributed by atoms with Crippen LogP contribution in [0, 0.1) is 6.92 Å². The average Bonchev–Trinajstić information content (AvgIpc) is 2.48. The first-order chi connectivity index (χ1) is 10.0. The summed E-state index contributed by atoms with van der Waals surface area (Å²) in [5, 5.41) is 0. The third kappa shape index (κ3) is 3.51. The predicted octanol–water partition coefficient (Wildman–Crippen LogP) is 3.66. The van der Waals surface area contributed by atoms with Gasteiger partial charge in [-0.3, -0.25) is 4.79 Å². The highest BCUT2D eigenvalue weighted by Crippen LogP contribution is 2.23. The number of nitrogens with zero attached hydrogens (tertiary/aromatic N) is 1. The second kappa shape index (κ2) is 6.57. The Kier molecular flexibility index (Phi) is 4.78. The van der Waals surface area contributed by atoms with Gasteiger partial charge in [-0.25, -0.2) is 4.98 Å². The maximum Gasteiger partial charge on any atom is 0.254 e. The largest absolute Gasteiger partial charge is 0.494 e. The maximum atomic E-state index is 12.0. The summed E-state index contributed by atoms with van der Waals surface area (Å²) >= 11 is 0. The minimum atomic E-state index is -0.0741. The second-order valence-corrected chi connectivity index (χ2v) is 5.45. The molecule has 1 aromatic heterocycles. The van der Waals surface area contributed by atoms with Crippen molar-refractivity contribution in [2.75, 3.05) is 6.61 Å². The predicted molar refractivity (Wildman–Crippen MR) is 84.9 cm³/mol. The van der Waals surface area contributed by atoms with Gasteiger partial charge in [0.2, 0.25) is 0 Å². The van der Waals surface area contributed by atoms with Crippen molar-refractivity contribution < 1.29 is 4.74 Å². The number of H-pyrrole nitrogens is 1. The summed E-state index contributed by atoms with van der Waals surface area (Å²) in [5.41, 5.74) is 2.24. The average molecular weight is 286 g/mol. The molecule has 4 nitrogen and oxygen atoms in total. The summed E-state index contributed by atoms with van der Waals surface area (Å²) in [4.78, 5) is 19.5. The van der Waals surface area contributed by atoms with Gasteiger partial charge < -0.3 is 9.72 Å². The van der Waals surface area contributed by atoms with Gasteiger partial charge in [0.1, 0.15) is 11.6 Å². The van der Waals surface area contributed by atoms with E-state index in [0.717, 1.165) is 23.4 Å². The third-order valence-corrected chi connectivity index (χ3v) is 3.32. The molecule has 0 amide bonds. The fourth-order valence-corrected chi connectivity index (χ4v) is 2.03. The van der Waals surface area contributed by atoms with E-state index in [1.54, 1.807) is 6.92 Å². The first-order valence-corrected chi connectivity index (χ1v) is 7.37. The molecule has 0 saturated heterocycles. The van der Waals surface area contributed by atoms with Crippen molar-refractivity contribution in [2.45, 2.75) is 40.0 Å². The fourth-order valence-electron chi connectivity index (χ4n) is 2.03. The van der Waals surface area contributed by atoms with Crippen LogP contribution in [0.25, 0.3) is 11.3 Å². The molecule has 112 valence electrons. The molecule has 0 spiro atoms. The summed E-state index contributed by atoms with van der Waals surface area (Å²) < 4.78 is 5.57. The molecule has 0 aliphatic carbocycles. The molecule has 1 heterocycles. The number of hydrogen-bond acceptors (Lipinski definition) is 3. The van der Waals surface area contributed by atoms with Crippen molar-refractivity contribution in [2.24, 2.45) is 0 Å². The van der Waals surface area contributed by atoms with Gasteiger partial charge in [0.25, 0.3) is 5.56 Å². The van der Waals surface area contributed by atoms with Crippen LogP contribution in [0.2, 0.25) is 0 Å². The Bertz CT molecular complexity index is 657. The normalized spacial score (nSPS) is 10.9. The zero-order valence-corrected chi connectivity index (χ0v) is 13.1. The van der Waals surface area contributed by atoms with E-state index in [1.807, 2.05) is 38.1 Å².